The van der Waals surface area contributed by atoms with Gasteiger partial charge in [-0.15, -0.1) is 0 Å². The first-order valence-corrected chi connectivity index (χ1v) is 14.8. The molecule has 0 unspecified atom stereocenters. The third-order valence-electron chi connectivity index (χ3n) is 8.95. The number of aromatic nitrogens is 1. The smallest absolute Gasteiger partial charge is 0.273 e. The molecule has 4 heterocycles. The molecular weight excluding hydrogens is 506 g/mol. The molecule has 1 aromatic heterocycles. The van der Waals surface area contributed by atoms with Crippen molar-refractivity contribution in [3.05, 3.63) is 70.9 Å². The summed E-state index contributed by atoms with van der Waals surface area (Å²) in [5.41, 5.74) is 4.50. The summed E-state index contributed by atoms with van der Waals surface area (Å²) in [7, 11) is 0. The molecule has 1 saturated carbocycles. The van der Waals surface area contributed by atoms with Crippen LogP contribution in [0.25, 0.3) is 10.9 Å². The minimum Gasteiger partial charge on any atom is -0.381 e. The van der Waals surface area contributed by atoms with E-state index >= 15 is 8.78 Å². The Labute approximate surface area is 235 Å². The number of hydrogen-bond acceptors (Lipinski definition) is 5. The van der Waals surface area contributed by atoms with E-state index in [2.05, 4.69) is 28.4 Å². The Kier molecular flexibility index (Phi) is 7.50. The second-order valence-corrected chi connectivity index (χ2v) is 12.0. The van der Waals surface area contributed by atoms with Crippen molar-refractivity contribution in [3.63, 3.8) is 0 Å². The first kappa shape index (κ1) is 27.1. The number of fused-ring (bicyclic) bond motifs is 9. The van der Waals surface area contributed by atoms with Crippen LogP contribution in [-0.4, -0.2) is 42.7 Å². The second kappa shape index (κ2) is 11.1. The van der Waals surface area contributed by atoms with Crippen LogP contribution < -0.4 is 5.32 Å². The average molecular weight is 545 g/mol. The predicted molar refractivity (Wildman–Crippen MR) is 154 cm³/mol. The molecule has 7 heteroatoms. The van der Waals surface area contributed by atoms with E-state index in [9.17, 15) is 5.26 Å². The van der Waals surface area contributed by atoms with Crippen molar-refractivity contribution in [2.24, 2.45) is 5.92 Å². The van der Waals surface area contributed by atoms with Crippen LogP contribution >= 0.6 is 0 Å². The van der Waals surface area contributed by atoms with Crippen LogP contribution in [0.3, 0.4) is 0 Å². The monoisotopic (exact) mass is 544 g/mol. The fraction of sp³-hybridized carbons (Fsp3) is 0.515. The van der Waals surface area contributed by atoms with Gasteiger partial charge in [0.25, 0.3) is 5.92 Å². The van der Waals surface area contributed by atoms with Gasteiger partial charge in [0.15, 0.2) is 0 Å². The second-order valence-electron chi connectivity index (χ2n) is 12.0. The van der Waals surface area contributed by atoms with Crippen LogP contribution in [0.5, 0.6) is 0 Å². The largest absolute Gasteiger partial charge is 0.381 e. The lowest BCUT2D eigenvalue weighted by Gasteiger charge is -2.41. The van der Waals surface area contributed by atoms with E-state index in [0.29, 0.717) is 13.2 Å². The Bertz CT molecular complexity index is 1410. The molecule has 4 aliphatic rings. The zero-order chi connectivity index (χ0) is 27.7. The number of nitrogens with zero attached hydrogens (tertiary/aromatic N) is 3. The van der Waals surface area contributed by atoms with Gasteiger partial charge in [-0.2, -0.15) is 5.26 Å². The highest BCUT2D eigenvalue weighted by Gasteiger charge is 2.45. The Morgan fingerprint density at radius 3 is 2.67 bits per heavy atom. The summed E-state index contributed by atoms with van der Waals surface area (Å²) < 4.78 is 36.7. The molecule has 1 N–H and O–H groups in total. The first-order chi connectivity index (χ1) is 19.4. The number of nitrogens with one attached hydrogen (secondary N) is 1. The van der Waals surface area contributed by atoms with Gasteiger partial charge < -0.3 is 15.0 Å². The number of halogens is 2. The Morgan fingerprint density at radius 1 is 1.05 bits per heavy atom. The zero-order valence-corrected chi connectivity index (χ0v) is 23.3. The summed E-state index contributed by atoms with van der Waals surface area (Å²) in [5.74, 6) is -2.83. The van der Waals surface area contributed by atoms with Crippen molar-refractivity contribution >= 4 is 16.6 Å². The number of benzene rings is 2. The molecule has 0 spiro atoms. The summed E-state index contributed by atoms with van der Waals surface area (Å²) in [6.45, 7) is 5.84. The molecule has 40 heavy (non-hydrogen) atoms. The summed E-state index contributed by atoms with van der Waals surface area (Å²) >= 11 is 0. The molecule has 3 aliphatic heterocycles. The number of rotatable bonds is 1. The molecule has 2 fully saturated rings. The maximum absolute atomic E-state index is 15.4. The molecule has 1 saturated heterocycles. The summed E-state index contributed by atoms with van der Waals surface area (Å²) in [6, 6.07) is 15.5. The molecule has 7 rings (SSSR count). The number of aryl methyl sites for hydroxylation is 1. The highest BCUT2D eigenvalue weighted by Crippen LogP contribution is 2.49. The fourth-order valence-corrected chi connectivity index (χ4v) is 6.34. The quantitative estimate of drug-likeness (QED) is 0.353. The van der Waals surface area contributed by atoms with E-state index in [1.807, 2.05) is 19.1 Å². The van der Waals surface area contributed by atoms with Gasteiger partial charge in [-0.1, -0.05) is 24.3 Å². The summed E-state index contributed by atoms with van der Waals surface area (Å²) in [4.78, 5) is 7.03. The Hall–Kier alpha value is -3.08. The molecule has 1 aliphatic carbocycles. The van der Waals surface area contributed by atoms with Gasteiger partial charge in [-0.25, -0.2) is 8.78 Å². The Morgan fingerprint density at radius 2 is 1.88 bits per heavy atom. The van der Waals surface area contributed by atoms with Crippen molar-refractivity contribution < 1.29 is 13.5 Å². The number of ether oxygens (including phenoxy) is 1. The maximum atomic E-state index is 15.4. The standard InChI is InChI=1S/C33H38F2N4O/c1-23-25-6-4-8-27(16-25)33(34,35)19-24-20-39(21-24)13-2-3-14-40-15-5-7-26-17-28(32(22-36)10-11-32)18-29-30(38-23)9-12-37-31(26)29/h4,6,8-9,12,16-18,23-24,38H,2-3,5,7,10-11,13-15,19-21H2,1H3/t23-/m1/s1. The molecular formula is C33H38F2N4O. The Balaban J connectivity index is 1.34. The van der Waals surface area contributed by atoms with Gasteiger partial charge in [0.1, 0.15) is 0 Å². The van der Waals surface area contributed by atoms with E-state index in [0.717, 1.165) is 91.4 Å². The minimum absolute atomic E-state index is 0.0260. The topological polar surface area (TPSA) is 61.2 Å². The fourth-order valence-electron chi connectivity index (χ4n) is 6.34. The van der Waals surface area contributed by atoms with Gasteiger partial charge in [0.05, 0.1) is 17.0 Å². The molecule has 0 amide bonds. The van der Waals surface area contributed by atoms with E-state index in [4.69, 9.17) is 9.72 Å². The van der Waals surface area contributed by atoms with Crippen LogP contribution in [-0.2, 0) is 22.5 Å². The normalized spacial score (nSPS) is 26.4. The van der Waals surface area contributed by atoms with Crippen molar-refractivity contribution in [2.75, 3.05) is 38.2 Å². The first-order valence-electron chi connectivity index (χ1n) is 14.8. The van der Waals surface area contributed by atoms with Gasteiger partial charge in [0, 0.05) is 61.6 Å². The van der Waals surface area contributed by atoms with E-state index < -0.39 is 11.3 Å². The van der Waals surface area contributed by atoms with Crippen molar-refractivity contribution in [2.45, 2.75) is 69.2 Å². The average Bonchev–Trinajstić information content (AvgIpc) is 3.74. The number of nitriles is 1. The van der Waals surface area contributed by atoms with Crippen molar-refractivity contribution in [3.8, 4) is 6.07 Å². The third kappa shape index (κ3) is 5.57. The summed E-state index contributed by atoms with van der Waals surface area (Å²) in [5, 5.41) is 14.5. The molecule has 8 bridgehead atoms. The SMILES string of the molecule is C[C@H]1Nc2ccnc3c(cc(C4(C#N)CC4)cc23)CCCOCCCCN2CC(C2)CC(F)(F)c2cccc1c2. The maximum Gasteiger partial charge on any atom is 0.273 e. The van der Waals surface area contributed by atoms with Gasteiger partial charge >= 0.3 is 0 Å². The lowest BCUT2D eigenvalue weighted by atomic mass is 9.89. The molecule has 1 atom stereocenters. The van der Waals surface area contributed by atoms with Crippen molar-refractivity contribution in [1.82, 2.24) is 9.88 Å². The van der Waals surface area contributed by atoms with Crippen LogP contribution in [0, 0.1) is 17.2 Å². The van der Waals surface area contributed by atoms with E-state index in [1.165, 1.54) is 0 Å². The van der Waals surface area contributed by atoms with Crippen LogP contribution in [0.15, 0.2) is 48.7 Å². The predicted octanol–water partition coefficient (Wildman–Crippen LogP) is 7.12. The molecule has 210 valence electrons. The number of pyridine rings is 1. The lowest BCUT2D eigenvalue weighted by Crippen LogP contribution is -2.48. The van der Waals surface area contributed by atoms with E-state index in [1.54, 1.807) is 24.4 Å². The zero-order valence-electron chi connectivity index (χ0n) is 23.3. The number of alkyl halides is 2. The molecule has 0 radical (unpaired) electrons. The van der Waals surface area contributed by atoms with Crippen LogP contribution in [0.1, 0.15) is 73.7 Å². The third-order valence-corrected chi connectivity index (χ3v) is 8.95. The lowest BCUT2D eigenvalue weighted by molar-refractivity contribution is -0.0570. The van der Waals surface area contributed by atoms with Crippen LogP contribution in [0.4, 0.5) is 14.5 Å². The highest BCUT2D eigenvalue weighted by molar-refractivity contribution is 5.94. The minimum atomic E-state index is -2.86. The summed E-state index contributed by atoms with van der Waals surface area (Å²) in [6.07, 6.45) is 7.14. The molecule has 5 nitrogen and oxygen atoms in total. The number of anilines is 1. The molecule has 3 aromatic rings. The van der Waals surface area contributed by atoms with Crippen LogP contribution in [0.2, 0.25) is 0 Å². The van der Waals surface area contributed by atoms with Gasteiger partial charge in [-0.3, -0.25) is 4.98 Å². The molecule has 2 aromatic carbocycles. The highest BCUT2D eigenvalue weighted by atomic mass is 19.3. The van der Waals surface area contributed by atoms with Crippen molar-refractivity contribution in [1.29, 1.82) is 5.26 Å². The van der Waals surface area contributed by atoms with Gasteiger partial charge in [0.2, 0.25) is 0 Å². The van der Waals surface area contributed by atoms with E-state index in [-0.39, 0.29) is 23.9 Å². The van der Waals surface area contributed by atoms with Gasteiger partial charge in [-0.05, 0) is 92.8 Å². The number of hydrogen-bond donors (Lipinski definition) is 1.